The zero-order valence-electron chi connectivity index (χ0n) is 13.5. The summed E-state index contributed by atoms with van der Waals surface area (Å²) in [6.45, 7) is 5.56. The van der Waals surface area contributed by atoms with E-state index in [1.54, 1.807) is 0 Å². The van der Waals surface area contributed by atoms with Gasteiger partial charge in [0.1, 0.15) is 39.3 Å². The Balaban J connectivity index is 1.58. The number of quaternary nitrogens is 2. The van der Waals surface area contributed by atoms with Gasteiger partial charge < -0.3 is 14.9 Å². The molecular formula is C18H22N3O3+. The first kappa shape index (κ1) is 16.4. The number of piperazine rings is 1. The summed E-state index contributed by atoms with van der Waals surface area (Å²) in [6.07, 6.45) is 0. The van der Waals surface area contributed by atoms with E-state index >= 15 is 0 Å². The highest BCUT2D eigenvalue weighted by atomic mass is 16.6. The molecular weight excluding hydrogens is 306 g/mol. The minimum atomic E-state index is -0.398. The maximum absolute atomic E-state index is 11.5. The van der Waals surface area contributed by atoms with E-state index in [4.69, 9.17) is 0 Å². The second kappa shape index (κ2) is 7.42. The molecule has 2 aromatic rings. The van der Waals surface area contributed by atoms with Crippen molar-refractivity contribution in [3.05, 3.63) is 69.8 Å². The highest BCUT2D eigenvalue weighted by molar-refractivity contribution is 5.43. The lowest BCUT2D eigenvalue weighted by Crippen LogP contribution is -3.27. The summed E-state index contributed by atoms with van der Waals surface area (Å²) in [5.74, 6) is -0.164. The van der Waals surface area contributed by atoms with Gasteiger partial charge in [-0.05, 0) is 0 Å². The molecule has 0 amide bonds. The molecule has 126 valence electrons. The van der Waals surface area contributed by atoms with Crippen molar-refractivity contribution in [2.75, 3.05) is 26.2 Å². The number of nitro groups is 1. The number of benzene rings is 2. The van der Waals surface area contributed by atoms with Gasteiger partial charge in [-0.25, -0.2) is 0 Å². The monoisotopic (exact) mass is 328 g/mol. The van der Waals surface area contributed by atoms with Gasteiger partial charge in [0.15, 0.2) is 0 Å². The lowest BCUT2D eigenvalue weighted by atomic mass is 10.1. The fraction of sp³-hybridized carbons (Fsp3) is 0.333. The van der Waals surface area contributed by atoms with Crippen LogP contribution in [-0.2, 0) is 13.1 Å². The summed E-state index contributed by atoms with van der Waals surface area (Å²) in [7, 11) is 0. The normalized spacial score (nSPS) is 20.7. The van der Waals surface area contributed by atoms with E-state index in [2.05, 4.69) is 24.3 Å². The van der Waals surface area contributed by atoms with Crippen molar-refractivity contribution in [2.45, 2.75) is 13.1 Å². The topological polar surface area (TPSA) is 75.1 Å². The van der Waals surface area contributed by atoms with Crippen LogP contribution in [-0.4, -0.2) is 31.1 Å². The SMILES string of the molecule is O=[N+]([O-])c1ccc([O-])cc1C[NH+]1CC[NH+](Cc2ccccc2)CC1. The van der Waals surface area contributed by atoms with Crippen LogP contribution >= 0.6 is 0 Å². The minimum absolute atomic E-state index is 0.0566. The second-order valence-electron chi connectivity index (χ2n) is 6.39. The zero-order chi connectivity index (χ0) is 16.9. The summed E-state index contributed by atoms with van der Waals surface area (Å²) < 4.78 is 0. The lowest BCUT2D eigenvalue weighted by molar-refractivity contribution is -1.02. The average molecular weight is 328 g/mol. The first-order valence-electron chi connectivity index (χ1n) is 8.27. The van der Waals surface area contributed by atoms with Gasteiger partial charge in [-0.2, -0.15) is 0 Å². The van der Waals surface area contributed by atoms with Crippen LogP contribution in [0.15, 0.2) is 48.5 Å². The predicted molar refractivity (Wildman–Crippen MR) is 87.8 cm³/mol. The van der Waals surface area contributed by atoms with Gasteiger partial charge in [-0.1, -0.05) is 42.5 Å². The first-order chi connectivity index (χ1) is 11.6. The molecule has 0 unspecified atom stereocenters. The van der Waals surface area contributed by atoms with E-state index < -0.39 is 4.92 Å². The van der Waals surface area contributed by atoms with Crippen LogP contribution in [0.1, 0.15) is 11.1 Å². The summed E-state index contributed by atoms with van der Waals surface area (Å²) in [5, 5.41) is 22.6. The molecule has 3 rings (SSSR count). The molecule has 1 aliphatic heterocycles. The van der Waals surface area contributed by atoms with Crippen molar-refractivity contribution < 1.29 is 19.8 Å². The van der Waals surface area contributed by atoms with Gasteiger partial charge in [-0.3, -0.25) is 10.1 Å². The van der Waals surface area contributed by atoms with Crippen molar-refractivity contribution in [2.24, 2.45) is 0 Å². The molecule has 2 aromatic carbocycles. The number of hydrogen-bond donors (Lipinski definition) is 2. The molecule has 0 aliphatic carbocycles. The summed E-state index contributed by atoms with van der Waals surface area (Å²) in [5.41, 5.74) is 1.95. The predicted octanol–water partition coefficient (Wildman–Crippen LogP) is -0.848. The van der Waals surface area contributed by atoms with Crippen LogP contribution in [0.25, 0.3) is 0 Å². The Labute approximate surface area is 141 Å². The Morgan fingerprint density at radius 2 is 1.54 bits per heavy atom. The molecule has 1 heterocycles. The molecule has 24 heavy (non-hydrogen) atoms. The maximum Gasteiger partial charge on any atom is 0.278 e. The van der Waals surface area contributed by atoms with E-state index in [0.29, 0.717) is 12.1 Å². The molecule has 2 N–H and O–H groups in total. The number of nitrogens with zero attached hydrogens (tertiary/aromatic N) is 1. The third-order valence-corrected chi connectivity index (χ3v) is 4.65. The molecule has 0 spiro atoms. The molecule has 0 saturated carbocycles. The summed E-state index contributed by atoms with van der Waals surface area (Å²) >= 11 is 0. The Hall–Kier alpha value is -2.44. The van der Waals surface area contributed by atoms with Crippen molar-refractivity contribution in [3.63, 3.8) is 0 Å². The quantitative estimate of drug-likeness (QED) is 0.555. The number of hydrogen-bond acceptors (Lipinski definition) is 3. The van der Waals surface area contributed by atoms with Crippen LogP contribution in [0, 0.1) is 10.1 Å². The molecule has 0 aromatic heterocycles. The van der Waals surface area contributed by atoms with E-state index in [9.17, 15) is 15.2 Å². The van der Waals surface area contributed by atoms with E-state index in [1.807, 2.05) is 6.07 Å². The standard InChI is InChI=1S/C18H21N3O3/c22-17-6-7-18(21(23)24)16(12-17)14-20-10-8-19(9-11-20)13-15-4-2-1-3-5-15/h1-7,12,22H,8-11,13-14H2/p+1. The minimum Gasteiger partial charge on any atom is -0.872 e. The Morgan fingerprint density at radius 3 is 2.17 bits per heavy atom. The van der Waals surface area contributed by atoms with Crippen LogP contribution in [0.2, 0.25) is 0 Å². The van der Waals surface area contributed by atoms with Crippen LogP contribution < -0.4 is 14.9 Å². The Bertz CT molecular complexity index is 698. The van der Waals surface area contributed by atoms with Gasteiger partial charge >= 0.3 is 0 Å². The second-order valence-corrected chi connectivity index (χ2v) is 6.39. The van der Waals surface area contributed by atoms with Crippen molar-refractivity contribution >= 4 is 5.69 Å². The summed E-state index contributed by atoms with van der Waals surface area (Å²) in [6, 6.07) is 14.4. The lowest BCUT2D eigenvalue weighted by Gasteiger charge is -2.29. The first-order valence-corrected chi connectivity index (χ1v) is 8.27. The van der Waals surface area contributed by atoms with Gasteiger partial charge in [0, 0.05) is 11.6 Å². The molecule has 0 bridgehead atoms. The van der Waals surface area contributed by atoms with Crippen molar-refractivity contribution in [1.29, 1.82) is 0 Å². The highest BCUT2D eigenvalue weighted by Gasteiger charge is 2.25. The molecule has 1 aliphatic rings. The molecule has 1 fully saturated rings. The highest BCUT2D eigenvalue weighted by Crippen LogP contribution is 2.20. The maximum atomic E-state index is 11.5. The van der Waals surface area contributed by atoms with E-state index in [1.165, 1.54) is 33.6 Å². The molecule has 0 atom stereocenters. The van der Waals surface area contributed by atoms with Crippen LogP contribution in [0.3, 0.4) is 0 Å². The Kier molecular flexibility index (Phi) is 5.08. The Morgan fingerprint density at radius 1 is 0.917 bits per heavy atom. The fourth-order valence-corrected chi connectivity index (χ4v) is 3.35. The smallest absolute Gasteiger partial charge is 0.278 e. The van der Waals surface area contributed by atoms with Crippen LogP contribution in [0.5, 0.6) is 5.75 Å². The van der Waals surface area contributed by atoms with Gasteiger partial charge in [-0.15, -0.1) is 5.75 Å². The summed E-state index contributed by atoms with van der Waals surface area (Å²) in [4.78, 5) is 13.6. The molecule has 6 heteroatoms. The largest absolute Gasteiger partial charge is 0.872 e. The average Bonchev–Trinajstić information content (AvgIpc) is 2.57. The third kappa shape index (κ3) is 4.10. The number of nitro benzene ring substituents is 1. The van der Waals surface area contributed by atoms with Gasteiger partial charge in [0.05, 0.1) is 10.5 Å². The number of rotatable bonds is 5. The number of nitrogens with one attached hydrogen (secondary N) is 2. The zero-order valence-corrected chi connectivity index (χ0v) is 13.5. The fourth-order valence-electron chi connectivity index (χ4n) is 3.35. The van der Waals surface area contributed by atoms with Gasteiger partial charge in [0.25, 0.3) is 5.69 Å². The van der Waals surface area contributed by atoms with E-state index in [-0.39, 0.29) is 11.4 Å². The van der Waals surface area contributed by atoms with Crippen molar-refractivity contribution in [3.8, 4) is 5.75 Å². The molecule has 1 saturated heterocycles. The molecule has 0 radical (unpaired) electrons. The third-order valence-electron chi connectivity index (χ3n) is 4.65. The van der Waals surface area contributed by atoms with E-state index in [0.717, 1.165) is 32.7 Å². The van der Waals surface area contributed by atoms with Crippen molar-refractivity contribution in [1.82, 2.24) is 0 Å². The van der Waals surface area contributed by atoms with Gasteiger partial charge in [0.2, 0.25) is 0 Å². The molecule has 6 nitrogen and oxygen atoms in total. The van der Waals surface area contributed by atoms with Crippen LogP contribution in [0.4, 0.5) is 5.69 Å².